The fraction of sp³-hybridized carbons (Fsp3) is 0.208. The van der Waals surface area contributed by atoms with Crippen LogP contribution in [0.4, 0.5) is 0 Å². The number of hydrogen-bond donors (Lipinski definition) is 0. The van der Waals surface area contributed by atoms with Gasteiger partial charge in [-0.3, -0.25) is 9.59 Å². The largest absolute Gasteiger partial charge is 0.494 e. The van der Waals surface area contributed by atoms with Crippen molar-refractivity contribution in [2.45, 2.75) is 26.0 Å². The molecule has 61 heavy (non-hydrogen) atoms. The number of methoxy groups -OCH3 is 1. The Morgan fingerprint density at radius 3 is 2.13 bits per heavy atom. The molecule has 0 saturated heterocycles. The highest BCUT2D eigenvalue weighted by Gasteiger charge is 2.16. The van der Waals surface area contributed by atoms with Crippen LogP contribution < -0.4 is 29.8 Å². The zero-order valence-corrected chi connectivity index (χ0v) is 33.5. The van der Waals surface area contributed by atoms with E-state index in [1.165, 1.54) is 19.2 Å². The predicted octanol–water partition coefficient (Wildman–Crippen LogP) is 8.49. The first-order chi connectivity index (χ1) is 30.0. The summed E-state index contributed by atoms with van der Waals surface area (Å²) in [6.45, 7) is 2.47. The van der Waals surface area contributed by atoms with Gasteiger partial charge in [0.25, 0.3) is 0 Å². The topological polar surface area (TPSA) is 147 Å². The van der Waals surface area contributed by atoms with Crippen LogP contribution in [-0.4, -0.2) is 55.3 Å². The predicted molar refractivity (Wildman–Crippen MR) is 229 cm³/mol. The molecule has 0 N–H and O–H groups in total. The van der Waals surface area contributed by atoms with Gasteiger partial charge < -0.3 is 37.3 Å². The zero-order chi connectivity index (χ0) is 41.8. The molecular formula is C48H43N3O10. The van der Waals surface area contributed by atoms with E-state index >= 15 is 0 Å². The number of ether oxygens (including phenoxy) is 6. The monoisotopic (exact) mass is 821 g/mol. The van der Waals surface area contributed by atoms with Crippen molar-refractivity contribution in [3.8, 4) is 45.6 Å². The van der Waals surface area contributed by atoms with Gasteiger partial charge in [0, 0.05) is 54.8 Å². The minimum absolute atomic E-state index is 0.0276. The molecule has 13 nitrogen and oxygen atoms in total. The summed E-state index contributed by atoms with van der Waals surface area (Å²) >= 11 is 0. The minimum Gasteiger partial charge on any atom is -0.494 e. The minimum atomic E-state index is -0.234. The molecule has 0 aliphatic heterocycles. The molecule has 0 fully saturated rings. The number of aryl methyl sites for hydroxylation is 1. The molecule has 0 unspecified atom stereocenters. The SMILES string of the molecule is COCOc1cc(OCc2ccccc2)c2c(=O)cc(-c3ccc(OCCCc4cn(CCOCCOc5ccc6c(=O)cc(-c7ccccc7)oc6c5)nn4)cc3)oc2c1. The van der Waals surface area contributed by atoms with Crippen molar-refractivity contribution in [3.05, 3.63) is 165 Å². The lowest BCUT2D eigenvalue weighted by atomic mass is 10.1. The molecule has 3 aromatic heterocycles. The zero-order valence-electron chi connectivity index (χ0n) is 33.5. The molecule has 0 bridgehead atoms. The smallest absolute Gasteiger partial charge is 0.197 e. The van der Waals surface area contributed by atoms with E-state index in [0.29, 0.717) is 101 Å². The van der Waals surface area contributed by atoms with Gasteiger partial charge in [-0.1, -0.05) is 65.9 Å². The van der Waals surface area contributed by atoms with Crippen molar-refractivity contribution in [3.63, 3.8) is 0 Å². The third-order valence-electron chi connectivity index (χ3n) is 9.64. The van der Waals surface area contributed by atoms with E-state index in [2.05, 4.69) is 10.3 Å². The van der Waals surface area contributed by atoms with E-state index in [-0.39, 0.29) is 24.3 Å². The Hall–Kier alpha value is -7.22. The molecule has 0 radical (unpaired) electrons. The average Bonchev–Trinajstić information content (AvgIpc) is 3.75. The normalized spacial score (nSPS) is 11.2. The van der Waals surface area contributed by atoms with Gasteiger partial charge in [0.2, 0.25) is 0 Å². The molecule has 5 aromatic carbocycles. The molecule has 0 spiro atoms. The van der Waals surface area contributed by atoms with Crippen LogP contribution in [0.25, 0.3) is 44.6 Å². The van der Waals surface area contributed by atoms with Crippen LogP contribution in [0, 0.1) is 0 Å². The van der Waals surface area contributed by atoms with Crippen LogP contribution >= 0.6 is 0 Å². The highest BCUT2D eigenvalue weighted by molar-refractivity contribution is 5.86. The second-order valence-corrected chi connectivity index (χ2v) is 14.0. The van der Waals surface area contributed by atoms with Crippen molar-refractivity contribution in [1.82, 2.24) is 15.0 Å². The molecule has 0 aliphatic carbocycles. The van der Waals surface area contributed by atoms with Crippen LogP contribution in [-0.2, 0) is 29.0 Å². The molecular weight excluding hydrogens is 779 g/mol. The molecule has 0 aliphatic rings. The highest BCUT2D eigenvalue weighted by Crippen LogP contribution is 2.33. The Bertz CT molecular complexity index is 2800. The van der Waals surface area contributed by atoms with Crippen LogP contribution in [0.15, 0.2) is 152 Å². The van der Waals surface area contributed by atoms with Gasteiger partial charge in [0.05, 0.1) is 37.4 Å². The summed E-state index contributed by atoms with van der Waals surface area (Å²) in [5, 5.41) is 9.33. The van der Waals surface area contributed by atoms with E-state index in [0.717, 1.165) is 23.2 Å². The van der Waals surface area contributed by atoms with Gasteiger partial charge in [-0.15, -0.1) is 5.10 Å². The maximum Gasteiger partial charge on any atom is 0.197 e. The molecule has 310 valence electrons. The second kappa shape index (κ2) is 19.7. The molecule has 0 amide bonds. The number of rotatable bonds is 20. The van der Waals surface area contributed by atoms with Gasteiger partial charge in [0.1, 0.15) is 64.3 Å². The first-order valence-corrected chi connectivity index (χ1v) is 19.9. The Labute approximate surface area is 350 Å². The van der Waals surface area contributed by atoms with E-state index in [4.69, 9.17) is 37.3 Å². The summed E-state index contributed by atoms with van der Waals surface area (Å²) in [6.07, 6.45) is 3.34. The second-order valence-electron chi connectivity index (χ2n) is 14.0. The lowest BCUT2D eigenvalue weighted by Gasteiger charge is -2.13. The van der Waals surface area contributed by atoms with Crippen molar-refractivity contribution >= 4 is 21.9 Å². The van der Waals surface area contributed by atoms with Gasteiger partial charge in [-0.05, 0) is 54.8 Å². The Kier molecular flexibility index (Phi) is 13.1. The van der Waals surface area contributed by atoms with E-state index in [9.17, 15) is 9.59 Å². The summed E-state index contributed by atoms with van der Waals surface area (Å²) in [4.78, 5) is 26.1. The third-order valence-corrected chi connectivity index (χ3v) is 9.64. The summed E-state index contributed by atoms with van der Waals surface area (Å²) in [5.41, 5.74) is 3.83. The van der Waals surface area contributed by atoms with Crippen molar-refractivity contribution < 1.29 is 37.3 Å². The van der Waals surface area contributed by atoms with E-state index in [1.54, 1.807) is 35.0 Å². The summed E-state index contributed by atoms with van der Waals surface area (Å²) in [5.74, 6) is 3.00. The fourth-order valence-corrected chi connectivity index (χ4v) is 6.60. The van der Waals surface area contributed by atoms with E-state index in [1.807, 2.05) is 91.1 Å². The van der Waals surface area contributed by atoms with E-state index < -0.39 is 0 Å². The van der Waals surface area contributed by atoms with Crippen LogP contribution in [0.3, 0.4) is 0 Å². The highest BCUT2D eigenvalue weighted by atomic mass is 16.7. The van der Waals surface area contributed by atoms with Crippen molar-refractivity contribution in [2.75, 3.05) is 40.3 Å². The summed E-state index contributed by atoms with van der Waals surface area (Å²) in [7, 11) is 1.53. The molecule has 0 atom stereocenters. The molecule has 0 saturated carbocycles. The Balaban J connectivity index is 0.774. The fourth-order valence-electron chi connectivity index (χ4n) is 6.60. The number of aromatic nitrogens is 3. The van der Waals surface area contributed by atoms with Crippen LogP contribution in [0.5, 0.6) is 23.0 Å². The van der Waals surface area contributed by atoms with Crippen molar-refractivity contribution in [2.24, 2.45) is 0 Å². The van der Waals surface area contributed by atoms with Crippen LogP contribution in [0.2, 0.25) is 0 Å². The van der Waals surface area contributed by atoms with Crippen molar-refractivity contribution in [1.29, 1.82) is 0 Å². The average molecular weight is 822 g/mol. The number of nitrogens with zero attached hydrogens (tertiary/aromatic N) is 3. The first-order valence-electron chi connectivity index (χ1n) is 19.9. The first kappa shape index (κ1) is 40.6. The third kappa shape index (κ3) is 10.5. The Morgan fingerprint density at radius 1 is 0.623 bits per heavy atom. The van der Waals surface area contributed by atoms with Gasteiger partial charge in [0.15, 0.2) is 17.7 Å². The standard InChI is InChI=1S/C48H43N3O10/c1-54-32-59-39-26-46(58-31-33-9-4-2-5-10-33)48-42(53)29-44(61-47(48)27-39)35-14-16-37(17-15-35)56-21-8-13-36-30-51(50-49-36)20-22-55-23-24-57-38-18-19-40-41(52)28-43(60-45(40)25-38)34-11-6-3-7-12-34/h2-7,9-12,14-19,25-30H,8,13,20-24,31-32H2,1H3. The maximum absolute atomic E-state index is 13.4. The number of hydrogen-bond acceptors (Lipinski definition) is 12. The molecule has 3 heterocycles. The number of benzene rings is 5. The van der Waals surface area contributed by atoms with Gasteiger partial charge in [-0.2, -0.15) is 0 Å². The molecule has 8 rings (SSSR count). The summed E-state index contributed by atoms with van der Waals surface area (Å²) < 4.78 is 48.5. The molecule has 13 heteroatoms. The summed E-state index contributed by atoms with van der Waals surface area (Å²) in [6, 6.07) is 38.1. The van der Waals surface area contributed by atoms with Crippen LogP contribution in [0.1, 0.15) is 17.7 Å². The Morgan fingerprint density at radius 2 is 1.33 bits per heavy atom. The van der Waals surface area contributed by atoms with Gasteiger partial charge >= 0.3 is 0 Å². The lowest BCUT2D eigenvalue weighted by molar-refractivity contribution is 0.0510. The quantitative estimate of drug-likeness (QED) is 0.0537. The lowest BCUT2D eigenvalue weighted by Crippen LogP contribution is -2.12. The number of fused-ring (bicyclic) bond motifs is 2. The maximum atomic E-state index is 13.4. The molecule has 8 aromatic rings. The van der Waals surface area contributed by atoms with Gasteiger partial charge in [-0.25, -0.2) is 4.68 Å².